The number of benzene rings is 2. The lowest BCUT2D eigenvalue weighted by atomic mass is 9.76. The number of nitrogens with zero attached hydrogens (tertiary/aromatic N) is 4. The standard InChI is InChI=1S/C27H36ClN5O/c1-6-17-30-25-15-13-21(28)18-24(25)27(5,7-2)16-10-11-20-12-14-22(33(8-3)9-4)19-23(20)26(34)31-32-29/h10-15,18-19,30H,6-9,16-17H2,1-5H3/p+1/b11-10+. The highest BCUT2D eigenvalue weighted by Gasteiger charge is 2.28. The number of carbonyl (C=O) groups excluding carboxylic acids is 1. The van der Waals surface area contributed by atoms with E-state index in [1.165, 1.54) is 11.3 Å². The number of allylic oxidation sites excluding steroid dienone is 1. The van der Waals surface area contributed by atoms with Crippen molar-refractivity contribution in [2.45, 2.75) is 59.3 Å². The Kier molecular flexibility index (Phi) is 10.6. The zero-order valence-corrected chi connectivity index (χ0v) is 21.8. The summed E-state index contributed by atoms with van der Waals surface area (Å²) in [5.41, 5.74) is 13.3. The summed E-state index contributed by atoms with van der Waals surface area (Å²) in [4.78, 5) is 17.4. The van der Waals surface area contributed by atoms with Gasteiger partial charge in [-0.05, 0) is 73.6 Å². The molecule has 182 valence electrons. The normalized spacial score (nSPS) is 12.9. The van der Waals surface area contributed by atoms with E-state index in [4.69, 9.17) is 17.1 Å². The molecule has 0 aliphatic heterocycles. The molecule has 0 heterocycles. The van der Waals surface area contributed by atoms with Crippen LogP contribution in [0.5, 0.6) is 0 Å². The average Bonchev–Trinajstić information content (AvgIpc) is 2.84. The fourth-order valence-corrected chi connectivity index (χ4v) is 4.35. The molecular formula is C27H37ClN5O+. The van der Waals surface area contributed by atoms with Gasteiger partial charge in [0.25, 0.3) is 0 Å². The number of nitrogens with two attached hydrogens (primary N) is 1. The molecule has 0 aliphatic carbocycles. The van der Waals surface area contributed by atoms with Crippen molar-refractivity contribution in [1.82, 2.24) is 0 Å². The maximum absolute atomic E-state index is 12.5. The number of quaternary nitrogens is 1. The highest BCUT2D eigenvalue weighted by atomic mass is 35.5. The van der Waals surface area contributed by atoms with E-state index in [-0.39, 0.29) is 5.41 Å². The third-order valence-corrected chi connectivity index (χ3v) is 6.73. The average molecular weight is 483 g/mol. The number of hydrogen-bond acceptors (Lipinski definition) is 2. The van der Waals surface area contributed by atoms with Crippen molar-refractivity contribution >= 4 is 35.0 Å². The number of azide groups is 1. The third kappa shape index (κ3) is 6.86. The lowest BCUT2D eigenvalue weighted by Gasteiger charge is -2.29. The molecule has 0 bridgehead atoms. The molecule has 0 fully saturated rings. The Morgan fingerprint density at radius 2 is 1.91 bits per heavy atom. The summed E-state index contributed by atoms with van der Waals surface area (Å²) in [6, 6.07) is 11.9. The van der Waals surface area contributed by atoms with Crippen LogP contribution in [-0.4, -0.2) is 25.5 Å². The summed E-state index contributed by atoms with van der Waals surface area (Å²) in [7, 11) is 0. The van der Waals surface area contributed by atoms with Gasteiger partial charge < -0.3 is 10.2 Å². The molecule has 1 unspecified atom stereocenters. The summed E-state index contributed by atoms with van der Waals surface area (Å²) in [6.45, 7) is 13.4. The van der Waals surface area contributed by atoms with Crippen molar-refractivity contribution in [1.29, 1.82) is 0 Å². The van der Waals surface area contributed by atoms with Crippen molar-refractivity contribution in [3.05, 3.63) is 74.6 Å². The van der Waals surface area contributed by atoms with E-state index in [1.54, 1.807) is 0 Å². The predicted octanol–water partition coefficient (Wildman–Crippen LogP) is 7.01. The van der Waals surface area contributed by atoms with Gasteiger partial charge in [-0.1, -0.05) is 50.6 Å². The molecule has 34 heavy (non-hydrogen) atoms. The Balaban J connectivity index is 2.41. The van der Waals surface area contributed by atoms with E-state index >= 15 is 0 Å². The molecular weight excluding hydrogens is 446 g/mol. The molecule has 1 amide bonds. The van der Waals surface area contributed by atoms with Crippen LogP contribution in [0.15, 0.2) is 47.6 Å². The zero-order valence-electron chi connectivity index (χ0n) is 21.0. The first-order valence-corrected chi connectivity index (χ1v) is 12.5. The number of hydrogen-bond donors (Lipinski definition) is 1. The largest absolute Gasteiger partial charge is 0.372 e. The summed E-state index contributed by atoms with van der Waals surface area (Å²) in [6.07, 6.45) is 6.88. The first kappa shape index (κ1) is 27.5. The summed E-state index contributed by atoms with van der Waals surface area (Å²) < 4.78 is 0. The fourth-order valence-electron chi connectivity index (χ4n) is 4.17. The van der Waals surface area contributed by atoms with Crippen LogP contribution in [-0.2, 0) is 5.41 Å². The molecule has 0 aliphatic rings. The van der Waals surface area contributed by atoms with Gasteiger partial charge in [-0.15, -0.1) is 0 Å². The van der Waals surface area contributed by atoms with Crippen LogP contribution in [0.3, 0.4) is 0 Å². The minimum Gasteiger partial charge on any atom is -0.372 e. The molecule has 1 atom stereocenters. The van der Waals surface area contributed by atoms with Crippen LogP contribution in [0, 0.1) is 0 Å². The monoisotopic (exact) mass is 482 g/mol. The minimum atomic E-state index is -0.569. The van der Waals surface area contributed by atoms with Crippen LogP contribution >= 0.6 is 11.6 Å². The Morgan fingerprint density at radius 3 is 2.53 bits per heavy atom. The van der Waals surface area contributed by atoms with Crippen LogP contribution < -0.4 is 10.2 Å². The summed E-state index contributed by atoms with van der Waals surface area (Å²) in [5, 5.41) is 6.37. The van der Waals surface area contributed by atoms with Crippen LogP contribution in [0.4, 0.5) is 11.4 Å². The predicted molar refractivity (Wildman–Crippen MR) is 143 cm³/mol. The SMILES string of the molecule is CCC[NH2+]c1ccc(Cl)cc1C(C)(CC)C/C=C/c1ccc(N(CC)CC)cc1C(=O)N=[N+]=[N-]. The maximum atomic E-state index is 12.5. The molecule has 0 saturated heterocycles. The second-order valence-electron chi connectivity index (χ2n) is 8.68. The summed E-state index contributed by atoms with van der Waals surface area (Å²) in [5.74, 6) is -0.569. The Hall–Kier alpha value is -2.79. The van der Waals surface area contributed by atoms with Crippen LogP contribution in [0.2, 0.25) is 5.02 Å². The van der Waals surface area contributed by atoms with Gasteiger partial charge in [0.15, 0.2) is 0 Å². The number of carbonyl (C=O) groups is 1. The lowest BCUT2D eigenvalue weighted by Crippen LogP contribution is -2.78. The first-order valence-electron chi connectivity index (χ1n) is 12.1. The van der Waals surface area contributed by atoms with Crippen LogP contribution in [0.1, 0.15) is 75.4 Å². The van der Waals surface area contributed by atoms with Gasteiger partial charge in [0.05, 0.1) is 6.54 Å². The molecule has 0 spiro atoms. The Morgan fingerprint density at radius 1 is 1.18 bits per heavy atom. The Labute approximate surface area is 208 Å². The zero-order chi connectivity index (χ0) is 25.1. The quantitative estimate of drug-likeness (QED) is 0.152. The highest BCUT2D eigenvalue weighted by molar-refractivity contribution is 6.30. The number of anilines is 1. The van der Waals surface area contributed by atoms with Gasteiger partial charge in [-0.2, -0.15) is 0 Å². The van der Waals surface area contributed by atoms with Gasteiger partial charge in [-0.25, -0.2) is 0 Å². The minimum absolute atomic E-state index is 0.114. The maximum Gasteiger partial charge on any atom is 0.249 e. The van der Waals surface area contributed by atoms with Crippen molar-refractivity contribution in [2.75, 3.05) is 24.5 Å². The molecule has 2 aromatic carbocycles. The van der Waals surface area contributed by atoms with E-state index in [9.17, 15) is 4.79 Å². The topological polar surface area (TPSA) is 85.7 Å². The van der Waals surface area contributed by atoms with E-state index in [0.717, 1.165) is 55.2 Å². The van der Waals surface area contributed by atoms with Gasteiger partial charge in [-0.3, -0.25) is 4.79 Å². The second-order valence-corrected chi connectivity index (χ2v) is 9.12. The third-order valence-electron chi connectivity index (χ3n) is 6.50. The number of amides is 1. The molecule has 0 saturated carbocycles. The second kappa shape index (κ2) is 13.2. The molecule has 2 aromatic rings. The van der Waals surface area contributed by atoms with Gasteiger partial charge in [0.2, 0.25) is 5.91 Å². The van der Waals surface area contributed by atoms with Crippen molar-refractivity contribution in [2.24, 2.45) is 5.11 Å². The van der Waals surface area contributed by atoms with E-state index in [0.29, 0.717) is 5.56 Å². The van der Waals surface area contributed by atoms with Crippen molar-refractivity contribution < 1.29 is 10.1 Å². The van der Waals surface area contributed by atoms with Gasteiger partial charge in [0.1, 0.15) is 5.69 Å². The van der Waals surface area contributed by atoms with Gasteiger partial charge in [0, 0.05) is 51.3 Å². The van der Waals surface area contributed by atoms with E-state index in [1.807, 2.05) is 30.3 Å². The Bertz CT molecular complexity index is 1060. The summed E-state index contributed by atoms with van der Waals surface area (Å²) >= 11 is 6.38. The molecule has 0 aromatic heterocycles. The van der Waals surface area contributed by atoms with E-state index in [2.05, 4.69) is 73.1 Å². The fraction of sp³-hybridized carbons (Fsp3) is 0.444. The van der Waals surface area contributed by atoms with Crippen molar-refractivity contribution in [3.63, 3.8) is 0 Å². The molecule has 7 heteroatoms. The molecule has 2 rings (SSSR count). The smallest absolute Gasteiger partial charge is 0.249 e. The molecule has 2 N–H and O–H groups in total. The van der Waals surface area contributed by atoms with Crippen molar-refractivity contribution in [3.8, 4) is 0 Å². The van der Waals surface area contributed by atoms with E-state index < -0.39 is 5.91 Å². The van der Waals surface area contributed by atoms with Gasteiger partial charge >= 0.3 is 0 Å². The molecule has 0 radical (unpaired) electrons. The number of rotatable bonds is 12. The first-order chi connectivity index (χ1) is 16.3. The molecule has 6 nitrogen and oxygen atoms in total. The highest BCUT2D eigenvalue weighted by Crippen LogP contribution is 2.37. The van der Waals surface area contributed by atoms with Crippen LogP contribution in [0.25, 0.3) is 16.5 Å². The number of halogens is 1. The lowest BCUT2D eigenvalue weighted by molar-refractivity contribution is -0.572.